The van der Waals surface area contributed by atoms with E-state index >= 15 is 0 Å². The Kier molecular flexibility index (Phi) is 6.26. The highest BCUT2D eigenvalue weighted by Gasteiger charge is 2.57. The largest absolute Gasteiger partial charge is 0.261 e. The highest BCUT2D eigenvalue weighted by molar-refractivity contribution is 5.15. The summed E-state index contributed by atoms with van der Waals surface area (Å²) in [7, 11) is 0. The zero-order chi connectivity index (χ0) is 21.6. The third-order valence-corrected chi connectivity index (χ3v) is 11.1. The monoisotopic (exact) mass is 421 g/mol. The summed E-state index contributed by atoms with van der Waals surface area (Å²) in [6.07, 6.45) is 20.1. The molecule has 1 aromatic rings. The van der Waals surface area contributed by atoms with E-state index in [4.69, 9.17) is 0 Å². The van der Waals surface area contributed by atoms with Gasteiger partial charge in [-0.3, -0.25) is 4.98 Å². The molecule has 0 aliphatic heterocycles. The highest BCUT2D eigenvalue weighted by Crippen LogP contribution is 2.65. The number of aryl methyl sites for hydroxylation is 1. The molecule has 8 unspecified atom stereocenters. The summed E-state index contributed by atoms with van der Waals surface area (Å²) in [6.45, 7) is 9.76. The molecular weight excluding hydrogens is 374 g/mol. The number of aromatic nitrogens is 1. The lowest BCUT2D eigenvalue weighted by molar-refractivity contribution is -0.0740. The molecule has 172 valence electrons. The zero-order valence-corrected chi connectivity index (χ0v) is 20.8. The number of rotatable bonds is 5. The Hall–Kier alpha value is -0.850. The molecule has 31 heavy (non-hydrogen) atoms. The fourth-order valence-electron chi connectivity index (χ4n) is 9.73. The summed E-state index contributed by atoms with van der Waals surface area (Å²) in [5, 5.41) is 0. The van der Waals surface area contributed by atoms with E-state index in [0.717, 1.165) is 53.0 Å². The normalized spacial score (nSPS) is 43.0. The van der Waals surface area contributed by atoms with Crippen molar-refractivity contribution >= 4 is 0 Å². The second kappa shape index (κ2) is 8.83. The summed E-state index contributed by atoms with van der Waals surface area (Å²) < 4.78 is 0. The minimum atomic E-state index is 0.602. The molecule has 0 radical (unpaired) electrons. The molecule has 1 heteroatoms. The molecule has 4 aliphatic rings. The Bertz CT molecular complexity index is 737. The van der Waals surface area contributed by atoms with E-state index in [0.29, 0.717) is 5.41 Å². The first-order valence-electron chi connectivity index (χ1n) is 13.9. The molecule has 1 heterocycles. The Balaban J connectivity index is 1.27. The molecule has 0 N–H and O–H groups in total. The van der Waals surface area contributed by atoms with Crippen molar-refractivity contribution in [3.63, 3.8) is 0 Å². The first-order chi connectivity index (χ1) is 15.0. The standard InChI is InChI=1S/C30H47N/c1-5-6-22-9-11-25-24(18-22)10-12-27-26(25)15-16-30(4)28(13-14-29(27)30)20(2)17-23-8-7-21(3)31-19-23/h7-8,19-20,22,24-29H,5-6,9-18H2,1-4H3/t20-,22?,24?,25?,26?,27?,28?,29?,30?/m1/s1. The van der Waals surface area contributed by atoms with Gasteiger partial charge in [-0.25, -0.2) is 0 Å². The molecule has 0 spiro atoms. The second-order valence-corrected chi connectivity index (χ2v) is 12.6. The summed E-state index contributed by atoms with van der Waals surface area (Å²) in [5.74, 6) is 8.09. The number of fused-ring (bicyclic) bond motifs is 5. The highest BCUT2D eigenvalue weighted by atomic mass is 14.7. The van der Waals surface area contributed by atoms with E-state index in [1.807, 2.05) is 0 Å². The van der Waals surface area contributed by atoms with E-state index in [1.165, 1.54) is 44.1 Å². The van der Waals surface area contributed by atoms with E-state index in [-0.39, 0.29) is 0 Å². The van der Waals surface area contributed by atoms with Crippen LogP contribution in [0.2, 0.25) is 0 Å². The van der Waals surface area contributed by atoms with Gasteiger partial charge in [-0.05, 0) is 129 Å². The van der Waals surface area contributed by atoms with Crippen LogP contribution >= 0.6 is 0 Å². The van der Waals surface area contributed by atoms with Gasteiger partial charge in [-0.1, -0.05) is 46.1 Å². The maximum atomic E-state index is 4.57. The smallest absolute Gasteiger partial charge is 0.0372 e. The quantitative estimate of drug-likeness (QED) is 0.466. The van der Waals surface area contributed by atoms with Crippen LogP contribution < -0.4 is 0 Å². The molecule has 9 atom stereocenters. The summed E-state index contributed by atoms with van der Waals surface area (Å²) in [4.78, 5) is 4.57. The third-order valence-electron chi connectivity index (χ3n) is 11.1. The van der Waals surface area contributed by atoms with E-state index < -0.39 is 0 Å². The zero-order valence-electron chi connectivity index (χ0n) is 20.8. The Morgan fingerprint density at radius 3 is 2.61 bits per heavy atom. The van der Waals surface area contributed by atoms with Crippen LogP contribution in [0.1, 0.15) is 103 Å². The van der Waals surface area contributed by atoms with Crippen molar-refractivity contribution in [1.29, 1.82) is 0 Å². The molecule has 0 aromatic carbocycles. The molecule has 4 aliphatic carbocycles. The Morgan fingerprint density at radius 2 is 1.84 bits per heavy atom. The van der Waals surface area contributed by atoms with Crippen molar-refractivity contribution in [2.45, 2.75) is 105 Å². The van der Waals surface area contributed by atoms with Gasteiger partial charge in [0.2, 0.25) is 0 Å². The van der Waals surface area contributed by atoms with Crippen molar-refractivity contribution in [2.75, 3.05) is 0 Å². The molecule has 1 nitrogen and oxygen atoms in total. The average Bonchev–Trinajstić information content (AvgIpc) is 3.12. The molecule has 0 amide bonds. The maximum absolute atomic E-state index is 4.57. The average molecular weight is 422 g/mol. The van der Waals surface area contributed by atoms with Crippen LogP contribution in [0.5, 0.6) is 0 Å². The Morgan fingerprint density at radius 1 is 1.00 bits per heavy atom. The lowest BCUT2D eigenvalue weighted by Gasteiger charge is -2.57. The van der Waals surface area contributed by atoms with Crippen molar-refractivity contribution < 1.29 is 0 Å². The molecule has 1 aromatic heterocycles. The Labute approximate surface area is 192 Å². The lowest BCUT2D eigenvalue weighted by atomic mass is 9.48. The summed E-state index contributed by atoms with van der Waals surface area (Å²) in [5.41, 5.74) is 3.19. The van der Waals surface area contributed by atoms with Crippen molar-refractivity contribution in [1.82, 2.24) is 4.98 Å². The van der Waals surface area contributed by atoms with Crippen LogP contribution in [0.3, 0.4) is 0 Å². The minimum Gasteiger partial charge on any atom is -0.261 e. The summed E-state index contributed by atoms with van der Waals surface area (Å²) in [6, 6.07) is 4.51. The van der Waals surface area contributed by atoms with Gasteiger partial charge >= 0.3 is 0 Å². The van der Waals surface area contributed by atoms with E-state index in [1.54, 1.807) is 38.5 Å². The van der Waals surface area contributed by atoms with Crippen LogP contribution in [-0.4, -0.2) is 4.98 Å². The molecule has 5 rings (SSSR count). The number of nitrogens with zero attached hydrogens (tertiary/aromatic N) is 1. The SMILES string of the molecule is CCCC1CCC2C(CCC3C2CCC2(C)C3CCC2[C@H](C)Cc2ccc(C)nc2)C1. The molecule has 4 saturated carbocycles. The van der Waals surface area contributed by atoms with Crippen molar-refractivity contribution in [3.8, 4) is 0 Å². The second-order valence-electron chi connectivity index (χ2n) is 12.6. The van der Waals surface area contributed by atoms with Gasteiger partial charge in [-0.2, -0.15) is 0 Å². The van der Waals surface area contributed by atoms with Crippen molar-refractivity contribution in [3.05, 3.63) is 29.6 Å². The van der Waals surface area contributed by atoms with E-state index in [9.17, 15) is 0 Å². The van der Waals surface area contributed by atoms with Gasteiger partial charge in [-0.15, -0.1) is 0 Å². The van der Waals surface area contributed by atoms with Crippen molar-refractivity contribution in [2.24, 2.45) is 52.8 Å². The van der Waals surface area contributed by atoms with Gasteiger partial charge in [0.1, 0.15) is 0 Å². The molecule has 4 fully saturated rings. The lowest BCUT2D eigenvalue weighted by Crippen LogP contribution is -2.49. The topological polar surface area (TPSA) is 12.9 Å². The molecule has 0 saturated heterocycles. The number of pyridine rings is 1. The van der Waals surface area contributed by atoms with Gasteiger partial charge in [0.25, 0.3) is 0 Å². The van der Waals surface area contributed by atoms with Gasteiger partial charge < -0.3 is 0 Å². The van der Waals surface area contributed by atoms with Crippen LogP contribution in [0.4, 0.5) is 0 Å². The first-order valence-corrected chi connectivity index (χ1v) is 13.9. The number of hydrogen-bond donors (Lipinski definition) is 0. The van der Waals surface area contributed by atoms with Crippen LogP contribution in [-0.2, 0) is 6.42 Å². The van der Waals surface area contributed by atoms with Crippen LogP contribution in [0, 0.1) is 59.7 Å². The predicted octanol–water partition coefficient (Wildman–Crippen LogP) is 8.25. The fourth-order valence-corrected chi connectivity index (χ4v) is 9.73. The number of hydrogen-bond acceptors (Lipinski definition) is 1. The van der Waals surface area contributed by atoms with E-state index in [2.05, 4.69) is 51.0 Å². The predicted molar refractivity (Wildman–Crippen MR) is 131 cm³/mol. The maximum Gasteiger partial charge on any atom is 0.0372 e. The van der Waals surface area contributed by atoms with Crippen LogP contribution in [0.15, 0.2) is 18.3 Å². The first kappa shape index (κ1) is 22.0. The van der Waals surface area contributed by atoms with Gasteiger partial charge in [0, 0.05) is 11.9 Å². The van der Waals surface area contributed by atoms with Crippen LogP contribution in [0.25, 0.3) is 0 Å². The molecular formula is C30H47N. The van der Waals surface area contributed by atoms with Gasteiger partial charge in [0.05, 0.1) is 0 Å². The van der Waals surface area contributed by atoms with Gasteiger partial charge in [0.15, 0.2) is 0 Å². The summed E-state index contributed by atoms with van der Waals surface area (Å²) >= 11 is 0. The minimum absolute atomic E-state index is 0.602. The fraction of sp³-hybridized carbons (Fsp3) is 0.833. The third kappa shape index (κ3) is 4.02. The molecule has 0 bridgehead atoms.